The molecule has 0 aliphatic rings. The second-order valence-electron chi connectivity index (χ2n) is 6.14. The summed E-state index contributed by atoms with van der Waals surface area (Å²) >= 11 is 0. The van der Waals surface area contributed by atoms with Gasteiger partial charge >= 0.3 is 5.69 Å². The second kappa shape index (κ2) is 9.48. The van der Waals surface area contributed by atoms with Crippen molar-refractivity contribution in [3.05, 3.63) is 56.2 Å². The molecule has 2 aromatic rings. The maximum absolute atomic E-state index is 11.3. The molecule has 0 spiro atoms. The molecule has 3 N–H and O–H groups in total. The van der Waals surface area contributed by atoms with Gasteiger partial charge in [-0.1, -0.05) is 45.1 Å². The van der Waals surface area contributed by atoms with Crippen LogP contribution in [0.3, 0.4) is 0 Å². The number of hydrogen-bond acceptors (Lipinski definition) is 4. The van der Waals surface area contributed by atoms with Crippen molar-refractivity contribution in [2.24, 2.45) is 0 Å². The summed E-state index contributed by atoms with van der Waals surface area (Å²) in [6.45, 7) is 2.21. The zero-order valence-corrected chi connectivity index (χ0v) is 14.5. The molecule has 6 nitrogen and oxygen atoms in total. The Labute approximate surface area is 146 Å². The highest BCUT2D eigenvalue weighted by molar-refractivity contribution is 5.64. The average molecular weight is 340 g/mol. The highest BCUT2D eigenvalue weighted by Gasteiger charge is 2.06. The molecule has 0 aliphatic carbocycles. The molecule has 2 rings (SSSR count). The molecule has 1 aromatic carbocycles. The predicted molar refractivity (Wildman–Crippen MR) is 99.2 cm³/mol. The van der Waals surface area contributed by atoms with E-state index >= 15 is 0 Å². The van der Waals surface area contributed by atoms with Crippen molar-refractivity contribution in [1.82, 2.24) is 9.97 Å². The maximum Gasteiger partial charge on any atom is 0.327 e. The summed E-state index contributed by atoms with van der Waals surface area (Å²) in [5, 5.41) is 12.3. The third-order valence-corrected chi connectivity index (χ3v) is 4.05. The Bertz CT molecular complexity index is 817. The first-order valence-electron chi connectivity index (χ1n) is 8.76. The lowest BCUT2D eigenvalue weighted by Gasteiger charge is -2.09. The number of benzene rings is 1. The Kier molecular flexibility index (Phi) is 7.02. The van der Waals surface area contributed by atoms with Crippen molar-refractivity contribution in [3.63, 3.8) is 0 Å². The van der Waals surface area contributed by atoms with Gasteiger partial charge in [-0.15, -0.1) is 0 Å². The molecule has 0 aliphatic heterocycles. The molecule has 0 atom stereocenters. The van der Waals surface area contributed by atoms with E-state index in [1.165, 1.54) is 38.2 Å². The predicted octanol–water partition coefficient (Wildman–Crippen LogP) is 3.58. The fraction of sp³-hybridized carbons (Fsp3) is 0.421. The number of aryl methyl sites for hydroxylation is 1. The third kappa shape index (κ3) is 5.96. The molecule has 25 heavy (non-hydrogen) atoms. The van der Waals surface area contributed by atoms with E-state index in [2.05, 4.69) is 28.3 Å². The van der Waals surface area contributed by atoms with Gasteiger partial charge in [-0.05, 0) is 30.5 Å². The van der Waals surface area contributed by atoms with Crippen LogP contribution in [0.2, 0.25) is 0 Å². The lowest BCUT2D eigenvalue weighted by Crippen LogP contribution is -2.22. The van der Waals surface area contributed by atoms with Crippen LogP contribution in [-0.2, 0) is 6.42 Å². The third-order valence-electron chi connectivity index (χ3n) is 4.05. The summed E-state index contributed by atoms with van der Waals surface area (Å²) < 4.78 is 0. The molecule has 0 saturated heterocycles. The van der Waals surface area contributed by atoms with Crippen molar-refractivity contribution in [1.29, 1.82) is 5.26 Å². The Morgan fingerprint density at radius 2 is 1.80 bits per heavy atom. The van der Waals surface area contributed by atoms with Crippen LogP contribution in [0.25, 0.3) is 0 Å². The first-order chi connectivity index (χ1) is 12.1. The number of nitrogens with one attached hydrogen (secondary N) is 3. The normalized spacial score (nSPS) is 10.4. The molecule has 0 fully saturated rings. The lowest BCUT2D eigenvalue weighted by molar-refractivity contribution is 0.607. The zero-order valence-electron chi connectivity index (χ0n) is 14.5. The summed E-state index contributed by atoms with van der Waals surface area (Å²) in [5.74, 6) is 0.258. The van der Waals surface area contributed by atoms with Gasteiger partial charge < -0.3 is 5.32 Å². The minimum Gasteiger partial charge on any atom is -0.340 e. The molecule has 0 saturated carbocycles. The van der Waals surface area contributed by atoms with Gasteiger partial charge in [-0.25, -0.2) is 4.79 Å². The quantitative estimate of drug-likeness (QED) is 0.607. The standard InChI is InChI=1S/C19H24N4O2/c1-2-3-4-5-6-7-8-14-9-10-16(15(11-14)13-20)21-17-12-18(24)23-19(25)22-17/h9-12H,2-8H2,1H3,(H3,21,22,23,24,25). The number of nitriles is 1. The molecule has 0 bridgehead atoms. The van der Waals surface area contributed by atoms with Crippen molar-refractivity contribution in [2.75, 3.05) is 5.32 Å². The van der Waals surface area contributed by atoms with Crippen molar-refractivity contribution >= 4 is 11.5 Å². The van der Waals surface area contributed by atoms with Crippen LogP contribution in [0.1, 0.15) is 56.6 Å². The first kappa shape index (κ1) is 18.5. The van der Waals surface area contributed by atoms with Gasteiger partial charge in [0.25, 0.3) is 5.56 Å². The van der Waals surface area contributed by atoms with Crippen LogP contribution < -0.4 is 16.6 Å². The van der Waals surface area contributed by atoms with E-state index in [1.807, 2.05) is 18.2 Å². The number of rotatable bonds is 9. The van der Waals surface area contributed by atoms with Crippen molar-refractivity contribution in [3.8, 4) is 6.07 Å². The smallest absolute Gasteiger partial charge is 0.327 e. The molecule has 0 amide bonds. The molecular formula is C19H24N4O2. The fourth-order valence-electron chi connectivity index (χ4n) is 2.74. The second-order valence-corrected chi connectivity index (χ2v) is 6.14. The van der Waals surface area contributed by atoms with E-state index in [9.17, 15) is 14.9 Å². The minimum atomic E-state index is -0.590. The largest absolute Gasteiger partial charge is 0.340 e. The van der Waals surface area contributed by atoms with Crippen molar-refractivity contribution < 1.29 is 0 Å². The highest BCUT2D eigenvalue weighted by Crippen LogP contribution is 2.21. The Hall–Kier alpha value is -2.81. The first-order valence-corrected chi connectivity index (χ1v) is 8.76. The molecule has 1 aromatic heterocycles. The van der Waals surface area contributed by atoms with E-state index in [0.29, 0.717) is 11.3 Å². The number of hydrogen-bond donors (Lipinski definition) is 3. The van der Waals surface area contributed by atoms with Crippen LogP contribution >= 0.6 is 0 Å². The molecule has 0 radical (unpaired) electrons. The topological polar surface area (TPSA) is 102 Å². The zero-order chi connectivity index (χ0) is 18.1. The van der Waals surface area contributed by atoms with E-state index in [1.54, 1.807) is 0 Å². The summed E-state index contributed by atoms with van der Waals surface area (Å²) in [7, 11) is 0. The molecule has 6 heteroatoms. The number of aromatic amines is 2. The molecular weight excluding hydrogens is 316 g/mol. The minimum absolute atomic E-state index is 0.258. The van der Waals surface area contributed by atoms with Gasteiger partial charge in [0.05, 0.1) is 11.3 Å². The van der Waals surface area contributed by atoms with Gasteiger partial charge in [-0.3, -0.25) is 14.8 Å². The van der Waals surface area contributed by atoms with Gasteiger partial charge in [0.15, 0.2) is 0 Å². The van der Waals surface area contributed by atoms with Crippen LogP contribution in [-0.4, -0.2) is 9.97 Å². The monoisotopic (exact) mass is 340 g/mol. The van der Waals surface area contributed by atoms with E-state index in [4.69, 9.17) is 0 Å². The Balaban J connectivity index is 2.00. The van der Waals surface area contributed by atoms with Gasteiger partial charge in [-0.2, -0.15) is 5.26 Å². The Morgan fingerprint density at radius 3 is 2.52 bits per heavy atom. The summed E-state index contributed by atoms with van der Waals surface area (Å²) in [4.78, 5) is 27.2. The van der Waals surface area contributed by atoms with Crippen LogP contribution in [0.5, 0.6) is 0 Å². The molecule has 132 valence electrons. The number of unbranched alkanes of at least 4 members (excludes halogenated alkanes) is 5. The number of nitrogens with zero attached hydrogens (tertiary/aromatic N) is 1. The lowest BCUT2D eigenvalue weighted by atomic mass is 10.0. The average Bonchev–Trinajstić information content (AvgIpc) is 2.58. The summed E-state index contributed by atoms with van der Waals surface area (Å²) in [6, 6.07) is 9.05. The van der Waals surface area contributed by atoms with E-state index < -0.39 is 11.2 Å². The maximum atomic E-state index is 11.3. The highest BCUT2D eigenvalue weighted by atomic mass is 16.2. The van der Waals surface area contributed by atoms with Gasteiger partial charge in [0, 0.05) is 6.07 Å². The number of aromatic nitrogens is 2. The summed E-state index contributed by atoms with van der Waals surface area (Å²) in [6.07, 6.45) is 8.36. The molecule has 0 unspecified atom stereocenters. The van der Waals surface area contributed by atoms with Gasteiger partial charge in [0.2, 0.25) is 0 Å². The fourth-order valence-corrected chi connectivity index (χ4v) is 2.74. The SMILES string of the molecule is CCCCCCCCc1ccc(Nc2cc(=O)[nH]c(=O)[nH]2)c(C#N)c1. The Morgan fingerprint density at radius 1 is 1.04 bits per heavy atom. The van der Waals surface area contributed by atoms with Crippen LogP contribution in [0.4, 0.5) is 11.5 Å². The van der Waals surface area contributed by atoms with Crippen molar-refractivity contribution in [2.45, 2.75) is 51.9 Å². The van der Waals surface area contributed by atoms with E-state index in [-0.39, 0.29) is 5.82 Å². The van der Waals surface area contributed by atoms with Crippen LogP contribution in [0.15, 0.2) is 33.9 Å². The van der Waals surface area contributed by atoms with Gasteiger partial charge in [0.1, 0.15) is 11.9 Å². The number of H-pyrrole nitrogens is 2. The van der Waals surface area contributed by atoms with Crippen LogP contribution in [0, 0.1) is 11.3 Å². The number of anilines is 2. The van der Waals surface area contributed by atoms with E-state index in [0.717, 1.165) is 18.4 Å². The summed E-state index contributed by atoms with van der Waals surface area (Å²) in [5.41, 5.74) is 1.09. The molecule has 1 heterocycles.